The molecule has 48 heavy (non-hydrogen) atoms. The van der Waals surface area contributed by atoms with E-state index in [1.54, 1.807) is 0 Å². The van der Waals surface area contributed by atoms with Gasteiger partial charge in [0.1, 0.15) is 97.6 Å². The second-order valence-corrected chi connectivity index (χ2v) is 11.9. The largest absolute Gasteiger partial charge is 0.394 e. The molecule has 22 heteroatoms. The molecule has 14 N–H and O–H groups in total. The van der Waals surface area contributed by atoms with Crippen LogP contribution in [0.5, 0.6) is 0 Å². The summed E-state index contributed by atoms with van der Waals surface area (Å²) in [5, 5.41) is 136. The van der Waals surface area contributed by atoms with Crippen LogP contribution in [0.3, 0.4) is 0 Å². The summed E-state index contributed by atoms with van der Waals surface area (Å²) >= 11 is 0. The van der Waals surface area contributed by atoms with Crippen molar-refractivity contribution in [1.29, 1.82) is 0 Å². The van der Waals surface area contributed by atoms with E-state index in [-0.39, 0.29) is 0 Å². The number of aliphatic hydroxyl groups excluding tert-OH is 13. The van der Waals surface area contributed by atoms with E-state index in [0.29, 0.717) is 0 Å². The number of aliphatic hydroxyl groups is 13. The van der Waals surface area contributed by atoms with Gasteiger partial charge in [-0.05, 0) is 0 Å². The molecule has 4 saturated heterocycles. The van der Waals surface area contributed by atoms with Crippen LogP contribution in [-0.2, 0) is 38.0 Å². The third-order valence-corrected chi connectivity index (χ3v) is 8.61. The third kappa shape index (κ3) is 8.08. The molecule has 4 aliphatic rings. The summed E-state index contributed by atoms with van der Waals surface area (Å²) in [6, 6.07) is -1.49. The molecular formula is C26H45NO21. The summed E-state index contributed by atoms with van der Waals surface area (Å²) in [4.78, 5) is 11.8. The summed E-state index contributed by atoms with van der Waals surface area (Å²) in [6.07, 6.45) is -33.5. The van der Waals surface area contributed by atoms with E-state index < -0.39 is 155 Å². The standard InChI is InChI=1S/C26H45NO21/c1-6(32)27-11-14(35)12(33)7(2-28)43-24(11)48-22-13(34)8(3-29)44-26(19(22)40)47-21-10(5-31)45-25(18(39)16(21)37)46-20-9(4-30)42-23(41)17(38)15(20)36/h7-26,28-31,33-41H,2-5H2,1H3,(H,27,32)/t7-,8-,9-,10-,11-,12+,13+,14-,15-,16-,17-,18-,19-,20-,21+,22+,23?,24+,25+,26-/m1/s1. The Kier molecular flexibility index (Phi) is 13.8. The van der Waals surface area contributed by atoms with E-state index in [0.717, 1.165) is 6.92 Å². The second kappa shape index (κ2) is 16.8. The van der Waals surface area contributed by atoms with E-state index in [4.69, 9.17) is 33.2 Å². The third-order valence-electron chi connectivity index (χ3n) is 8.61. The van der Waals surface area contributed by atoms with Crippen molar-refractivity contribution in [1.82, 2.24) is 5.32 Å². The van der Waals surface area contributed by atoms with E-state index in [2.05, 4.69) is 5.32 Å². The van der Waals surface area contributed by atoms with Crippen molar-refractivity contribution in [3.05, 3.63) is 0 Å². The van der Waals surface area contributed by atoms with Gasteiger partial charge in [0.15, 0.2) is 25.2 Å². The van der Waals surface area contributed by atoms with Gasteiger partial charge < -0.3 is 105 Å². The predicted molar refractivity (Wildman–Crippen MR) is 145 cm³/mol. The number of carbonyl (C=O) groups is 1. The van der Waals surface area contributed by atoms with Crippen molar-refractivity contribution in [3.8, 4) is 0 Å². The minimum atomic E-state index is -2.03. The number of hydrogen-bond donors (Lipinski definition) is 14. The Morgan fingerprint density at radius 2 is 0.938 bits per heavy atom. The maximum atomic E-state index is 11.8. The van der Waals surface area contributed by atoms with Crippen LogP contribution in [0.2, 0.25) is 0 Å². The zero-order chi connectivity index (χ0) is 35.6. The number of rotatable bonds is 11. The van der Waals surface area contributed by atoms with Gasteiger partial charge >= 0.3 is 0 Å². The molecule has 0 aromatic carbocycles. The molecule has 4 aliphatic heterocycles. The molecule has 0 aliphatic carbocycles. The van der Waals surface area contributed by atoms with Gasteiger partial charge in [-0.2, -0.15) is 0 Å². The quantitative estimate of drug-likeness (QED) is 0.0947. The van der Waals surface area contributed by atoms with Crippen molar-refractivity contribution in [2.45, 2.75) is 130 Å². The van der Waals surface area contributed by atoms with Crippen LogP contribution in [0.4, 0.5) is 0 Å². The Bertz CT molecular complexity index is 1030. The first-order valence-electron chi connectivity index (χ1n) is 15.1. The fraction of sp³-hybridized carbons (Fsp3) is 0.962. The molecule has 4 heterocycles. The molecule has 0 aromatic rings. The molecule has 1 unspecified atom stereocenters. The molecule has 4 fully saturated rings. The van der Waals surface area contributed by atoms with Crippen molar-refractivity contribution >= 4 is 5.91 Å². The Balaban J connectivity index is 1.51. The van der Waals surface area contributed by atoms with Gasteiger partial charge in [-0.15, -0.1) is 0 Å². The highest BCUT2D eigenvalue weighted by Crippen LogP contribution is 2.34. The molecule has 20 atom stereocenters. The summed E-state index contributed by atoms with van der Waals surface area (Å²) in [6.45, 7) is -2.35. The van der Waals surface area contributed by atoms with Gasteiger partial charge in [-0.25, -0.2) is 0 Å². The monoisotopic (exact) mass is 707 g/mol. The lowest BCUT2D eigenvalue weighted by molar-refractivity contribution is -0.385. The van der Waals surface area contributed by atoms with E-state index in [1.807, 2.05) is 0 Å². The van der Waals surface area contributed by atoms with Crippen LogP contribution >= 0.6 is 0 Å². The van der Waals surface area contributed by atoms with Crippen LogP contribution in [0.1, 0.15) is 6.92 Å². The smallest absolute Gasteiger partial charge is 0.217 e. The first-order chi connectivity index (χ1) is 22.7. The fourth-order valence-corrected chi connectivity index (χ4v) is 5.95. The lowest BCUT2D eigenvalue weighted by atomic mass is 9.95. The minimum absolute atomic E-state index is 0.693. The first kappa shape index (κ1) is 39.5. The van der Waals surface area contributed by atoms with Crippen molar-refractivity contribution in [3.63, 3.8) is 0 Å². The topological polar surface area (TPSA) is 357 Å². The Hall–Kier alpha value is -1.33. The summed E-state index contributed by atoms with van der Waals surface area (Å²) < 4.78 is 38.4. The highest BCUT2D eigenvalue weighted by molar-refractivity contribution is 5.73. The molecule has 280 valence electrons. The molecular weight excluding hydrogens is 662 g/mol. The average Bonchev–Trinajstić information content (AvgIpc) is 3.06. The van der Waals surface area contributed by atoms with Crippen LogP contribution in [0.15, 0.2) is 0 Å². The van der Waals surface area contributed by atoms with Crippen molar-refractivity contribution < 1.29 is 104 Å². The Morgan fingerprint density at radius 1 is 0.500 bits per heavy atom. The maximum Gasteiger partial charge on any atom is 0.217 e. The second-order valence-electron chi connectivity index (χ2n) is 11.9. The zero-order valence-corrected chi connectivity index (χ0v) is 25.5. The average molecular weight is 708 g/mol. The number of amides is 1. The van der Waals surface area contributed by atoms with Gasteiger partial charge in [-0.3, -0.25) is 4.79 Å². The molecule has 22 nitrogen and oxygen atoms in total. The highest BCUT2D eigenvalue weighted by atomic mass is 16.8. The Morgan fingerprint density at radius 3 is 1.48 bits per heavy atom. The van der Waals surface area contributed by atoms with Gasteiger partial charge in [0.05, 0.1) is 26.4 Å². The van der Waals surface area contributed by atoms with Crippen molar-refractivity contribution in [2.75, 3.05) is 26.4 Å². The minimum Gasteiger partial charge on any atom is -0.394 e. The highest BCUT2D eigenvalue weighted by Gasteiger charge is 2.55. The van der Waals surface area contributed by atoms with Gasteiger partial charge in [-0.1, -0.05) is 0 Å². The number of nitrogens with one attached hydrogen (secondary N) is 1. The predicted octanol–water partition coefficient (Wildman–Crippen LogP) is -9.61. The molecule has 1 amide bonds. The van der Waals surface area contributed by atoms with E-state index >= 15 is 0 Å². The molecule has 0 saturated carbocycles. The van der Waals surface area contributed by atoms with Gasteiger partial charge in [0.2, 0.25) is 5.91 Å². The normalized spacial score (nSPS) is 50.2. The van der Waals surface area contributed by atoms with Crippen LogP contribution in [0.25, 0.3) is 0 Å². The van der Waals surface area contributed by atoms with Crippen LogP contribution in [-0.4, -0.2) is 221 Å². The van der Waals surface area contributed by atoms with Gasteiger partial charge in [0, 0.05) is 6.92 Å². The number of carbonyl (C=O) groups excluding carboxylic acids is 1. The van der Waals surface area contributed by atoms with Gasteiger partial charge in [0.25, 0.3) is 0 Å². The lowest BCUT2D eigenvalue weighted by Crippen LogP contribution is -2.69. The number of hydrogen-bond acceptors (Lipinski definition) is 21. The van der Waals surface area contributed by atoms with E-state index in [9.17, 15) is 71.2 Å². The molecule has 0 aromatic heterocycles. The first-order valence-corrected chi connectivity index (χ1v) is 15.1. The van der Waals surface area contributed by atoms with Crippen LogP contribution in [0, 0.1) is 0 Å². The summed E-state index contributed by atoms with van der Waals surface area (Å²) in [5.74, 6) is -0.693. The van der Waals surface area contributed by atoms with E-state index in [1.165, 1.54) is 0 Å². The SMILES string of the molecule is CC(=O)N[C@H]1[C@H](O[C@H]2[C@@H](O)[C@@H](CO)O[C@H](O[C@@H]3[C@H](O)[C@@H](O)[C@H](O[C@H]4[C@H](O)[C@@H](O)C(O)O[C@@H]4CO)O[C@@H]3CO)[C@@H]2O)O[C@H](CO)[C@H](O)[C@@H]1O. The molecule has 4 rings (SSSR count). The molecule has 0 spiro atoms. The Labute approximate surface area is 272 Å². The summed E-state index contributed by atoms with van der Waals surface area (Å²) in [7, 11) is 0. The fourth-order valence-electron chi connectivity index (χ4n) is 5.95. The number of ether oxygens (including phenoxy) is 7. The molecule has 0 bridgehead atoms. The van der Waals surface area contributed by atoms with Crippen LogP contribution < -0.4 is 5.32 Å². The lowest BCUT2D eigenvalue weighted by Gasteiger charge is -2.49. The maximum absolute atomic E-state index is 11.8. The zero-order valence-electron chi connectivity index (χ0n) is 25.5. The van der Waals surface area contributed by atoms with Crippen molar-refractivity contribution in [2.24, 2.45) is 0 Å². The summed E-state index contributed by atoms with van der Waals surface area (Å²) in [5.41, 5.74) is 0. The molecule has 0 radical (unpaired) electrons.